The number of nitrogens with one attached hydrogen (secondary N) is 2. The summed E-state index contributed by atoms with van der Waals surface area (Å²) in [5.74, 6) is -0.421. The van der Waals surface area contributed by atoms with Crippen molar-refractivity contribution in [2.45, 2.75) is 0 Å². The first-order valence-corrected chi connectivity index (χ1v) is 8.08. The predicted molar refractivity (Wildman–Crippen MR) is 91.5 cm³/mol. The van der Waals surface area contributed by atoms with Gasteiger partial charge in [-0.05, 0) is 59.0 Å². The highest BCUT2D eigenvalue weighted by Gasteiger charge is 2.16. The summed E-state index contributed by atoms with van der Waals surface area (Å²) in [5, 5.41) is 0. The van der Waals surface area contributed by atoms with Crippen LogP contribution in [-0.2, 0) is 0 Å². The molecule has 0 aliphatic carbocycles. The van der Waals surface area contributed by atoms with Crippen LogP contribution in [0, 0.1) is 9.39 Å². The van der Waals surface area contributed by atoms with Gasteiger partial charge in [0.05, 0.1) is 5.56 Å². The Bertz CT molecular complexity index is 813. The fourth-order valence-electron chi connectivity index (χ4n) is 2.11. The highest BCUT2D eigenvalue weighted by atomic mass is 127. The first-order valence-electron chi connectivity index (χ1n) is 7.00. The van der Waals surface area contributed by atoms with E-state index < -0.39 is 17.6 Å². The molecule has 0 saturated carbocycles. The first kappa shape index (κ1) is 16.5. The molecular formula is C16H12FIN2O4. The number of hydrazine groups is 1. The maximum Gasteiger partial charge on any atom is 0.270 e. The lowest BCUT2D eigenvalue weighted by Gasteiger charge is -2.18. The molecule has 0 spiro atoms. The molecule has 2 amide bonds. The van der Waals surface area contributed by atoms with Crippen LogP contribution in [0.5, 0.6) is 11.5 Å². The van der Waals surface area contributed by atoms with Gasteiger partial charge in [0.2, 0.25) is 0 Å². The van der Waals surface area contributed by atoms with Crippen molar-refractivity contribution >= 4 is 34.4 Å². The summed E-state index contributed by atoms with van der Waals surface area (Å²) in [6.07, 6.45) is 0. The van der Waals surface area contributed by atoms with Gasteiger partial charge in [-0.15, -0.1) is 0 Å². The van der Waals surface area contributed by atoms with Gasteiger partial charge in [-0.2, -0.15) is 0 Å². The predicted octanol–water partition coefficient (Wildman–Crippen LogP) is 2.28. The van der Waals surface area contributed by atoms with E-state index in [2.05, 4.69) is 10.9 Å². The number of carbonyl (C=O) groups is 2. The molecule has 0 bridgehead atoms. The van der Waals surface area contributed by atoms with Crippen LogP contribution < -0.4 is 20.3 Å². The Hall–Kier alpha value is -2.36. The molecule has 124 valence electrons. The minimum Gasteiger partial charge on any atom is -0.486 e. The first-order chi connectivity index (χ1) is 11.5. The molecule has 2 aromatic rings. The monoisotopic (exact) mass is 442 g/mol. The van der Waals surface area contributed by atoms with E-state index in [4.69, 9.17) is 9.47 Å². The van der Waals surface area contributed by atoms with Gasteiger partial charge in [0.15, 0.2) is 11.5 Å². The van der Waals surface area contributed by atoms with Crippen molar-refractivity contribution in [3.8, 4) is 11.5 Å². The van der Waals surface area contributed by atoms with E-state index in [0.717, 1.165) is 0 Å². The molecule has 0 fully saturated rings. The van der Waals surface area contributed by atoms with Gasteiger partial charge in [-0.3, -0.25) is 20.4 Å². The molecule has 2 N–H and O–H groups in total. The summed E-state index contributed by atoms with van der Waals surface area (Å²) in [6, 6.07) is 8.50. The average molecular weight is 442 g/mol. The summed E-state index contributed by atoms with van der Waals surface area (Å²) in [6.45, 7) is 0.878. The van der Waals surface area contributed by atoms with Gasteiger partial charge < -0.3 is 9.47 Å². The fourth-order valence-corrected chi connectivity index (χ4v) is 2.83. The number of fused-ring (bicyclic) bond motifs is 1. The van der Waals surface area contributed by atoms with E-state index in [1.54, 1.807) is 12.1 Å². The Morgan fingerprint density at radius 2 is 1.67 bits per heavy atom. The van der Waals surface area contributed by atoms with Crippen molar-refractivity contribution in [2.24, 2.45) is 0 Å². The lowest BCUT2D eigenvalue weighted by Crippen LogP contribution is -2.41. The SMILES string of the molecule is O=C(NNC(=O)c1ccc(F)cc1I)c1ccc2c(c1)OCCO2. The second-order valence-corrected chi connectivity index (χ2v) is 6.05. The molecule has 2 aromatic carbocycles. The van der Waals surface area contributed by atoms with Crippen molar-refractivity contribution < 1.29 is 23.5 Å². The number of rotatable bonds is 2. The van der Waals surface area contributed by atoms with Crippen LogP contribution in [0.2, 0.25) is 0 Å². The number of hydrogen-bond donors (Lipinski definition) is 2. The molecule has 6 nitrogen and oxygen atoms in total. The number of amides is 2. The zero-order chi connectivity index (χ0) is 17.1. The minimum atomic E-state index is -0.537. The highest BCUT2D eigenvalue weighted by molar-refractivity contribution is 14.1. The van der Waals surface area contributed by atoms with Crippen LogP contribution in [0.1, 0.15) is 20.7 Å². The summed E-state index contributed by atoms with van der Waals surface area (Å²) in [4.78, 5) is 24.2. The Balaban J connectivity index is 1.66. The molecule has 0 atom stereocenters. The van der Waals surface area contributed by atoms with Crippen LogP contribution in [0.4, 0.5) is 4.39 Å². The zero-order valence-corrected chi connectivity index (χ0v) is 14.4. The molecule has 0 aromatic heterocycles. The van der Waals surface area contributed by atoms with Crippen molar-refractivity contribution in [2.75, 3.05) is 13.2 Å². The zero-order valence-electron chi connectivity index (χ0n) is 12.3. The lowest BCUT2D eigenvalue weighted by molar-refractivity contribution is 0.0845. The molecule has 3 rings (SSSR count). The van der Waals surface area contributed by atoms with E-state index >= 15 is 0 Å². The Morgan fingerprint density at radius 3 is 2.42 bits per heavy atom. The van der Waals surface area contributed by atoms with Crippen molar-refractivity contribution in [1.29, 1.82) is 0 Å². The number of halogens is 2. The number of carbonyl (C=O) groups excluding carboxylic acids is 2. The van der Waals surface area contributed by atoms with E-state index in [9.17, 15) is 14.0 Å². The molecule has 0 radical (unpaired) electrons. The molecule has 0 saturated heterocycles. The minimum absolute atomic E-state index is 0.263. The van der Waals surface area contributed by atoms with Gasteiger partial charge >= 0.3 is 0 Å². The summed E-state index contributed by atoms with van der Waals surface area (Å²) < 4.78 is 24.3. The Morgan fingerprint density at radius 1 is 0.958 bits per heavy atom. The van der Waals surface area contributed by atoms with Crippen molar-refractivity contribution in [3.05, 3.63) is 56.9 Å². The van der Waals surface area contributed by atoms with Gasteiger partial charge in [-0.25, -0.2) is 4.39 Å². The Kier molecular flexibility index (Phi) is 4.84. The molecule has 1 aliphatic rings. The standard InChI is InChI=1S/C16H12FIN2O4/c17-10-2-3-11(12(18)8-10)16(22)20-19-15(21)9-1-4-13-14(7-9)24-6-5-23-13/h1-4,7-8H,5-6H2,(H,19,21)(H,20,22). The topological polar surface area (TPSA) is 76.7 Å². The van der Waals surface area contributed by atoms with E-state index in [-0.39, 0.29) is 5.56 Å². The molecule has 1 aliphatic heterocycles. The van der Waals surface area contributed by atoms with E-state index in [1.807, 2.05) is 22.6 Å². The fraction of sp³-hybridized carbons (Fsp3) is 0.125. The van der Waals surface area contributed by atoms with E-state index in [0.29, 0.717) is 33.8 Å². The van der Waals surface area contributed by atoms with Gasteiger partial charge in [0.25, 0.3) is 11.8 Å². The molecular weight excluding hydrogens is 430 g/mol. The van der Waals surface area contributed by atoms with Crippen LogP contribution >= 0.6 is 22.6 Å². The van der Waals surface area contributed by atoms with Crippen molar-refractivity contribution in [3.63, 3.8) is 0 Å². The third-order valence-corrected chi connectivity index (χ3v) is 4.16. The second kappa shape index (κ2) is 7.04. The van der Waals surface area contributed by atoms with Gasteiger partial charge in [0.1, 0.15) is 19.0 Å². The van der Waals surface area contributed by atoms with Gasteiger partial charge in [-0.1, -0.05) is 0 Å². The quantitative estimate of drug-likeness (QED) is 0.553. The third kappa shape index (κ3) is 3.58. The van der Waals surface area contributed by atoms with Crippen LogP contribution in [-0.4, -0.2) is 25.0 Å². The maximum atomic E-state index is 13.1. The smallest absolute Gasteiger partial charge is 0.270 e. The van der Waals surface area contributed by atoms with Crippen LogP contribution in [0.15, 0.2) is 36.4 Å². The number of hydrogen-bond acceptors (Lipinski definition) is 4. The number of ether oxygens (including phenoxy) is 2. The molecule has 0 unspecified atom stereocenters. The molecule has 24 heavy (non-hydrogen) atoms. The summed E-state index contributed by atoms with van der Waals surface area (Å²) in [5.41, 5.74) is 5.19. The largest absolute Gasteiger partial charge is 0.486 e. The molecule has 8 heteroatoms. The van der Waals surface area contributed by atoms with Gasteiger partial charge in [0, 0.05) is 9.13 Å². The van der Waals surface area contributed by atoms with Crippen LogP contribution in [0.3, 0.4) is 0 Å². The Labute approximate surface area is 150 Å². The van der Waals surface area contributed by atoms with Crippen molar-refractivity contribution in [1.82, 2.24) is 10.9 Å². The average Bonchev–Trinajstić information content (AvgIpc) is 2.59. The van der Waals surface area contributed by atoms with E-state index in [1.165, 1.54) is 24.3 Å². The maximum absolute atomic E-state index is 13.1. The number of benzene rings is 2. The summed E-state index contributed by atoms with van der Waals surface area (Å²) >= 11 is 1.85. The lowest BCUT2D eigenvalue weighted by atomic mass is 10.2. The van der Waals surface area contributed by atoms with Crippen LogP contribution in [0.25, 0.3) is 0 Å². The third-order valence-electron chi connectivity index (χ3n) is 3.27. The molecule has 1 heterocycles. The normalized spacial score (nSPS) is 12.4. The summed E-state index contributed by atoms with van der Waals surface area (Å²) in [7, 11) is 0. The second-order valence-electron chi connectivity index (χ2n) is 4.89. The highest BCUT2D eigenvalue weighted by Crippen LogP contribution is 2.30.